The van der Waals surface area contributed by atoms with E-state index in [1.165, 1.54) is 23.4 Å². The SMILES string of the molecule is CCCc1nc(C(C)(C)OC)sc1CNC1CC1. The number of hydrogen-bond donors (Lipinski definition) is 1. The van der Waals surface area contributed by atoms with Crippen LogP contribution in [0.3, 0.4) is 0 Å². The average molecular weight is 268 g/mol. The van der Waals surface area contributed by atoms with E-state index in [2.05, 4.69) is 26.1 Å². The van der Waals surface area contributed by atoms with Gasteiger partial charge in [-0.25, -0.2) is 4.98 Å². The highest BCUT2D eigenvalue weighted by molar-refractivity contribution is 7.11. The summed E-state index contributed by atoms with van der Waals surface area (Å²) < 4.78 is 5.54. The van der Waals surface area contributed by atoms with Crippen LogP contribution in [0, 0.1) is 0 Å². The largest absolute Gasteiger partial charge is 0.372 e. The van der Waals surface area contributed by atoms with Crippen molar-refractivity contribution >= 4 is 11.3 Å². The van der Waals surface area contributed by atoms with E-state index >= 15 is 0 Å². The molecule has 0 aromatic carbocycles. The molecule has 1 heterocycles. The summed E-state index contributed by atoms with van der Waals surface area (Å²) in [6.07, 6.45) is 4.88. The van der Waals surface area contributed by atoms with Crippen molar-refractivity contribution in [1.82, 2.24) is 10.3 Å². The molecule has 0 atom stereocenters. The molecule has 1 fully saturated rings. The number of nitrogens with zero attached hydrogens (tertiary/aromatic N) is 1. The second-order valence-electron chi connectivity index (χ2n) is 5.51. The van der Waals surface area contributed by atoms with Crippen LogP contribution in [0.4, 0.5) is 0 Å². The van der Waals surface area contributed by atoms with E-state index in [1.54, 1.807) is 18.4 Å². The van der Waals surface area contributed by atoms with Gasteiger partial charge in [-0.05, 0) is 33.1 Å². The quantitative estimate of drug-likeness (QED) is 0.824. The van der Waals surface area contributed by atoms with Gasteiger partial charge in [-0.1, -0.05) is 13.3 Å². The normalized spacial score (nSPS) is 16.2. The third-order valence-corrected chi connectivity index (χ3v) is 4.82. The molecule has 1 saturated carbocycles. The molecule has 0 aliphatic heterocycles. The molecule has 1 N–H and O–H groups in total. The van der Waals surface area contributed by atoms with E-state index in [0.717, 1.165) is 30.4 Å². The Kier molecular flexibility index (Phi) is 4.41. The van der Waals surface area contributed by atoms with Gasteiger partial charge in [-0.2, -0.15) is 0 Å². The average Bonchev–Trinajstić information content (AvgIpc) is 3.08. The molecular formula is C14H24N2OS. The van der Waals surface area contributed by atoms with E-state index in [4.69, 9.17) is 9.72 Å². The van der Waals surface area contributed by atoms with Crippen molar-refractivity contribution in [3.63, 3.8) is 0 Å². The van der Waals surface area contributed by atoms with Crippen LogP contribution in [0.1, 0.15) is 55.6 Å². The van der Waals surface area contributed by atoms with Crippen LogP contribution in [0.2, 0.25) is 0 Å². The predicted octanol–water partition coefficient (Wildman–Crippen LogP) is 3.23. The predicted molar refractivity (Wildman–Crippen MR) is 76.0 cm³/mol. The Morgan fingerprint density at radius 2 is 2.17 bits per heavy atom. The minimum atomic E-state index is -0.273. The first-order chi connectivity index (χ1) is 8.56. The number of aromatic nitrogens is 1. The van der Waals surface area contributed by atoms with Crippen molar-refractivity contribution in [1.29, 1.82) is 0 Å². The second kappa shape index (κ2) is 5.68. The highest BCUT2D eigenvalue weighted by atomic mass is 32.1. The molecule has 0 bridgehead atoms. The van der Waals surface area contributed by atoms with Gasteiger partial charge in [0, 0.05) is 24.6 Å². The van der Waals surface area contributed by atoms with Gasteiger partial charge in [0.05, 0.1) is 5.69 Å². The van der Waals surface area contributed by atoms with Gasteiger partial charge in [0.2, 0.25) is 0 Å². The van der Waals surface area contributed by atoms with Gasteiger partial charge in [-0.3, -0.25) is 0 Å². The monoisotopic (exact) mass is 268 g/mol. The van der Waals surface area contributed by atoms with Crippen molar-refractivity contribution in [2.24, 2.45) is 0 Å². The maximum Gasteiger partial charge on any atom is 0.125 e. The van der Waals surface area contributed by atoms with Crippen molar-refractivity contribution in [2.75, 3.05) is 7.11 Å². The molecule has 0 radical (unpaired) electrons. The number of aryl methyl sites for hydroxylation is 1. The number of rotatable bonds is 7. The fourth-order valence-electron chi connectivity index (χ4n) is 1.82. The van der Waals surface area contributed by atoms with Gasteiger partial charge >= 0.3 is 0 Å². The Labute approximate surface area is 114 Å². The van der Waals surface area contributed by atoms with Gasteiger partial charge in [-0.15, -0.1) is 11.3 Å². The summed E-state index contributed by atoms with van der Waals surface area (Å²) in [5.74, 6) is 0. The number of hydrogen-bond acceptors (Lipinski definition) is 4. The zero-order valence-electron chi connectivity index (χ0n) is 11.9. The maximum atomic E-state index is 5.54. The molecule has 1 aliphatic rings. The Morgan fingerprint density at radius 1 is 1.44 bits per heavy atom. The minimum absolute atomic E-state index is 0.273. The maximum absolute atomic E-state index is 5.54. The molecule has 1 aromatic rings. The third-order valence-electron chi connectivity index (χ3n) is 3.42. The Morgan fingerprint density at radius 3 is 2.72 bits per heavy atom. The molecule has 0 saturated heterocycles. The van der Waals surface area contributed by atoms with E-state index < -0.39 is 0 Å². The van der Waals surface area contributed by atoms with E-state index in [-0.39, 0.29) is 5.60 Å². The fraction of sp³-hybridized carbons (Fsp3) is 0.786. The zero-order chi connectivity index (χ0) is 13.2. The van der Waals surface area contributed by atoms with E-state index in [1.807, 2.05) is 0 Å². The number of nitrogens with one attached hydrogen (secondary N) is 1. The van der Waals surface area contributed by atoms with Crippen molar-refractivity contribution in [3.8, 4) is 0 Å². The summed E-state index contributed by atoms with van der Waals surface area (Å²) in [6.45, 7) is 7.34. The summed E-state index contributed by atoms with van der Waals surface area (Å²) in [6, 6.07) is 0.750. The summed E-state index contributed by atoms with van der Waals surface area (Å²) in [5, 5.41) is 4.68. The van der Waals surface area contributed by atoms with Crippen LogP contribution in [-0.4, -0.2) is 18.1 Å². The first kappa shape index (κ1) is 14.0. The molecule has 1 aromatic heterocycles. The lowest BCUT2D eigenvalue weighted by Gasteiger charge is -2.19. The Balaban J connectivity index is 2.13. The lowest BCUT2D eigenvalue weighted by atomic mass is 10.1. The molecular weight excluding hydrogens is 244 g/mol. The number of thiazole rings is 1. The molecule has 4 heteroatoms. The Bertz CT molecular complexity index is 396. The topological polar surface area (TPSA) is 34.1 Å². The van der Waals surface area contributed by atoms with Gasteiger partial charge in [0.15, 0.2) is 0 Å². The number of ether oxygens (including phenoxy) is 1. The van der Waals surface area contributed by atoms with E-state index in [0.29, 0.717) is 0 Å². The lowest BCUT2D eigenvalue weighted by molar-refractivity contribution is 0.0189. The molecule has 3 nitrogen and oxygen atoms in total. The van der Waals surface area contributed by atoms with Crippen LogP contribution in [0.25, 0.3) is 0 Å². The molecule has 0 amide bonds. The van der Waals surface area contributed by atoms with Crippen LogP contribution in [0.5, 0.6) is 0 Å². The summed E-state index contributed by atoms with van der Waals surface area (Å²) in [5.41, 5.74) is 0.987. The van der Waals surface area contributed by atoms with Crippen LogP contribution in [0.15, 0.2) is 0 Å². The molecule has 0 unspecified atom stereocenters. The molecule has 0 spiro atoms. The van der Waals surface area contributed by atoms with Crippen molar-refractivity contribution in [2.45, 2.75) is 64.6 Å². The fourth-order valence-corrected chi connectivity index (χ4v) is 2.96. The minimum Gasteiger partial charge on any atom is -0.372 e. The van der Waals surface area contributed by atoms with Crippen LogP contribution in [-0.2, 0) is 23.3 Å². The summed E-state index contributed by atoms with van der Waals surface area (Å²) >= 11 is 1.80. The van der Waals surface area contributed by atoms with E-state index in [9.17, 15) is 0 Å². The lowest BCUT2D eigenvalue weighted by Crippen LogP contribution is -2.19. The van der Waals surface area contributed by atoms with Gasteiger partial charge in [0.25, 0.3) is 0 Å². The summed E-state index contributed by atoms with van der Waals surface area (Å²) in [4.78, 5) is 6.19. The van der Waals surface area contributed by atoms with Crippen LogP contribution >= 0.6 is 11.3 Å². The first-order valence-electron chi connectivity index (χ1n) is 6.84. The standard InChI is InChI=1S/C14H24N2OS/c1-5-6-11-12(9-15-10-7-8-10)18-13(16-11)14(2,3)17-4/h10,15H,5-9H2,1-4H3. The van der Waals surface area contributed by atoms with Crippen LogP contribution < -0.4 is 5.32 Å². The second-order valence-corrected chi connectivity index (χ2v) is 6.59. The molecule has 2 rings (SSSR count). The van der Waals surface area contributed by atoms with Crippen molar-refractivity contribution in [3.05, 3.63) is 15.6 Å². The molecule has 18 heavy (non-hydrogen) atoms. The van der Waals surface area contributed by atoms with Crippen molar-refractivity contribution < 1.29 is 4.74 Å². The van der Waals surface area contributed by atoms with Gasteiger partial charge < -0.3 is 10.1 Å². The molecule has 1 aliphatic carbocycles. The van der Waals surface area contributed by atoms with Gasteiger partial charge in [0.1, 0.15) is 10.6 Å². The third kappa shape index (κ3) is 3.31. The highest BCUT2D eigenvalue weighted by Crippen LogP contribution is 2.31. The smallest absolute Gasteiger partial charge is 0.125 e. The first-order valence-corrected chi connectivity index (χ1v) is 7.66. The molecule has 102 valence electrons. The summed E-state index contributed by atoms with van der Waals surface area (Å²) in [7, 11) is 1.75. The Hall–Kier alpha value is -0.450. The number of methoxy groups -OCH3 is 1. The highest BCUT2D eigenvalue weighted by Gasteiger charge is 2.26. The zero-order valence-corrected chi connectivity index (χ0v) is 12.7.